The fraction of sp³-hybridized carbons (Fsp3) is 0.833. The number of hydrogen-bond donors (Lipinski definition) is 3. The topological polar surface area (TPSA) is 82.2 Å². The first-order valence-electron chi connectivity index (χ1n) is 6.31. The molecule has 0 aromatic heterocycles. The monoisotopic (exact) mass is 240 g/mol. The summed E-state index contributed by atoms with van der Waals surface area (Å²) < 4.78 is 0. The van der Waals surface area contributed by atoms with E-state index in [1.807, 2.05) is 18.7 Å². The van der Waals surface area contributed by atoms with E-state index in [1.165, 1.54) is 12.8 Å². The lowest BCUT2D eigenvalue weighted by atomic mass is 9.92. The van der Waals surface area contributed by atoms with Gasteiger partial charge in [-0.2, -0.15) is 0 Å². The van der Waals surface area contributed by atoms with Crippen LogP contribution in [-0.2, 0) is 0 Å². The van der Waals surface area contributed by atoms with Crippen LogP contribution < -0.4 is 11.1 Å². The SMILES string of the molecule is CC(C)(CNC(=O)N1CCCCCC1)C(=N)N. The number of rotatable bonds is 3. The number of urea groups is 1. The Hall–Kier alpha value is -1.26. The van der Waals surface area contributed by atoms with Crippen LogP contribution in [0.5, 0.6) is 0 Å². The number of nitrogens with zero attached hydrogens (tertiary/aromatic N) is 1. The van der Waals surface area contributed by atoms with E-state index in [1.54, 1.807) is 0 Å². The maximum atomic E-state index is 11.9. The standard InChI is InChI=1S/C12H24N4O/c1-12(2,10(13)14)9-15-11(17)16-7-5-3-4-6-8-16/h3-9H2,1-2H3,(H3,13,14)(H,15,17). The van der Waals surface area contributed by atoms with Gasteiger partial charge < -0.3 is 16.0 Å². The average Bonchev–Trinajstić information content (AvgIpc) is 2.54. The molecule has 1 aliphatic heterocycles. The summed E-state index contributed by atoms with van der Waals surface area (Å²) in [7, 11) is 0. The van der Waals surface area contributed by atoms with Crippen LogP contribution in [0.2, 0.25) is 0 Å². The van der Waals surface area contributed by atoms with Gasteiger partial charge in [-0.15, -0.1) is 0 Å². The number of likely N-dealkylation sites (tertiary alicyclic amines) is 1. The lowest BCUT2D eigenvalue weighted by molar-refractivity contribution is 0.197. The first-order valence-corrected chi connectivity index (χ1v) is 6.31. The van der Waals surface area contributed by atoms with E-state index in [0.717, 1.165) is 25.9 Å². The van der Waals surface area contributed by atoms with Gasteiger partial charge in [0.2, 0.25) is 0 Å². The highest BCUT2D eigenvalue weighted by molar-refractivity contribution is 5.84. The Balaban J connectivity index is 2.40. The van der Waals surface area contributed by atoms with Crippen molar-refractivity contribution in [2.45, 2.75) is 39.5 Å². The molecule has 0 aromatic carbocycles. The molecular weight excluding hydrogens is 216 g/mol. The molecule has 0 radical (unpaired) electrons. The molecule has 2 amide bonds. The molecule has 0 bridgehead atoms. The van der Waals surface area contributed by atoms with E-state index >= 15 is 0 Å². The number of carbonyl (C=O) groups excluding carboxylic acids is 1. The fourth-order valence-electron chi connectivity index (χ4n) is 1.78. The molecule has 1 aliphatic rings. The highest BCUT2D eigenvalue weighted by atomic mass is 16.2. The Morgan fingerprint density at radius 2 is 1.82 bits per heavy atom. The number of carbonyl (C=O) groups is 1. The molecule has 1 saturated heterocycles. The van der Waals surface area contributed by atoms with Crippen LogP contribution in [0.15, 0.2) is 0 Å². The van der Waals surface area contributed by atoms with Crippen LogP contribution in [0.1, 0.15) is 39.5 Å². The normalized spacial score (nSPS) is 17.4. The molecular formula is C12H24N4O. The van der Waals surface area contributed by atoms with Crippen LogP contribution in [0.3, 0.4) is 0 Å². The van der Waals surface area contributed by atoms with Crippen LogP contribution in [0.4, 0.5) is 4.79 Å². The van der Waals surface area contributed by atoms with Gasteiger partial charge in [0, 0.05) is 25.0 Å². The van der Waals surface area contributed by atoms with Gasteiger partial charge in [0.1, 0.15) is 0 Å². The molecule has 0 unspecified atom stereocenters. The maximum absolute atomic E-state index is 11.9. The number of amidine groups is 1. The molecule has 98 valence electrons. The van der Waals surface area contributed by atoms with Gasteiger partial charge in [-0.25, -0.2) is 4.79 Å². The van der Waals surface area contributed by atoms with E-state index in [0.29, 0.717) is 6.54 Å². The number of nitrogens with two attached hydrogens (primary N) is 1. The van der Waals surface area contributed by atoms with E-state index in [-0.39, 0.29) is 11.9 Å². The van der Waals surface area contributed by atoms with Crippen molar-refractivity contribution in [3.8, 4) is 0 Å². The van der Waals surface area contributed by atoms with Crippen molar-refractivity contribution in [1.82, 2.24) is 10.2 Å². The highest BCUT2D eigenvalue weighted by Gasteiger charge is 2.24. The van der Waals surface area contributed by atoms with Gasteiger partial charge in [0.05, 0.1) is 5.84 Å². The van der Waals surface area contributed by atoms with Crippen molar-refractivity contribution < 1.29 is 4.79 Å². The summed E-state index contributed by atoms with van der Waals surface area (Å²) in [6, 6.07) is -0.0266. The third-order valence-electron chi connectivity index (χ3n) is 3.30. The van der Waals surface area contributed by atoms with Crippen molar-refractivity contribution in [3.63, 3.8) is 0 Å². The van der Waals surface area contributed by atoms with E-state index in [9.17, 15) is 4.79 Å². The Kier molecular flexibility index (Phi) is 4.78. The second-order valence-corrected chi connectivity index (χ2v) is 5.36. The predicted octanol–water partition coefficient (Wildman–Crippen LogP) is 1.53. The van der Waals surface area contributed by atoms with Crippen molar-refractivity contribution in [2.24, 2.45) is 11.1 Å². The minimum Gasteiger partial charge on any atom is -0.387 e. The Morgan fingerprint density at radius 1 is 1.29 bits per heavy atom. The van der Waals surface area contributed by atoms with Crippen molar-refractivity contribution >= 4 is 11.9 Å². The molecule has 0 aliphatic carbocycles. The van der Waals surface area contributed by atoms with E-state index in [4.69, 9.17) is 11.1 Å². The number of nitrogens with one attached hydrogen (secondary N) is 2. The molecule has 0 atom stereocenters. The molecule has 0 saturated carbocycles. The van der Waals surface area contributed by atoms with Crippen molar-refractivity contribution in [2.75, 3.05) is 19.6 Å². The van der Waals surface area contributed by atoms with Crippen LogP contribution >= 0.6 is 0 Å². The second-order valence-electron chi connectivity index (χ2n) is 5.36. The molecule has 4 N–H and O–H groups in total. The Labute approximate surface area is 103 Å². The zero-order valence-corrected chi connectivity index (χ0v) is 10.9. The van der Waals surface area contributed by atoms with Crippen LogP contribution in [0, 0.1) is 10.8 Å². The fourth-order valence-corrected chi connectivity index (χ4v) is 1.78. The summed E-state index contributed by atoms with van der Waals surface area (Å²) in [5.41, 5.74) is 5.01. The number of amides is 2. The zero-order valence-electron chi connectivity index (χ0n) is 10.9. The van der Waals surface area contributed by atoms with Gasteiger partial charge in [-0.1, -0.05) is 26.7 Å². The molecule has 17 heavy (non-hydrogen) atoms. The Morgan fingerprint density at radius 3 is 2.29 bits per heavy atom. The summed E-state index contributed by atoms with van der Waals surface area (Å²) in [6.45, 7) is 5.81. The quantitative estimate of drug-likeness (QED) is 0.516. The van der Waals surface area contributed by atoms with Crippen LogP contribution in [0.25, 0.3) is 0 Å². The smallest absolute Gasteiger partial charge is 0.317 e. The zero-order chi connectivity index (χ0) is 12.9. The summed E-state index contributed by atoms with van der Waals surface area (Å²) in [6.07, 6.45) is 4.60. The summed E-state index contributed by atoms with van der Waals surface area (Å²) >= 11 is 0. The molecule has 5 nitrogen and oxygen atoms in total. The van der Waals surface area contributed by atoms with Gasteiger partial charge in [0.25, 0.3) is 0 Å². The largest absolute Gasteiger partial charge is 0.387 e. The maximum Gasteiger partial charge on any atom is 0.317 e. The third kappa shape index (κ3) is 4.24. The lowest BCUT2D eigenvalue weighted by Crippen LogP contribution is -2.47. The van der Waals surface area contributed by atoms with Gasteiger partial charge in [0.15, 0.2) is 0 Å². The van der Waals surface area contributed by atoms with Crippen LogP contribution in [-0.4, -0.2) is 36.4 Å². The first-order chi connectivity index (χ1) is 7.93. The van der Waals surface area contributed by atoms with Crippen molar-refractivity contribution in [1.29, 1.82) is 5.41 Å². The molecule has 1 heterocycles. The van der Waals surface area contributed by atoms with Crippen molar-refractivity contribution in [3.05, 3.63) is 0 Å². The van der Waals surface area contributed by atoms with Gasteiger partial charge in [-0.05, 0) is 12.8 Å². The average molecular weight is 240 g/mol. The highest BCUT2D eigenvalue weighted by Crippen LogP contribution is 2.13. The lowest BCUT2D eigenvalue weighted by Gasteiger charge is -2.26. The Bertz CT molecular complexity index is 280. The summed E-state index contributed by atoms with van der Waals surface area (Å²) in [5.74, 6) is 0.105. The molecule has 1 fully saturated rings. The third-order valence-corrected chi connectivity index (χ3v) is 3.30. The minimum atomic E-state index is -0.471. The first kappa shape index (κ1) is 13.8. The molecule has 0 aromatic rings. The molecule has 1 rings (SSSR count). The summed E-state index contributed by atoms with van der Waals surface area (Å²) in [4.78, 5) is 13.8. The minimum absolute atomic E-state index is 0.0266. The van der Waals surface area contributed by atoms with E-state index < -0.39 is 5.41 Å². The van der Waals surface area contributed by atoms with Gasteiger partial charge in [-0.3, -0.25) is 5.41 Å². The van der Waals surface area contributed by atoms with E-state index in [2.05, 4.69) is 5.32 Å². The number of hydrogen-bond acceptors (Lipinski definition) is 2. The molecule has 0 spiro atoms. The van der Waals surface area contributed by atoms with Gasteiger partial charge >= 0.3 is 6.03 Å². The molecule has 5 heteroatoms. The summed E-state index contributed by atoms with van der Waals surface area (Å²) in [5, 5.41) is 10.3. The predicted molar refractivity (Wildman–Crippen MR) is 69.1 cm³/mol. The second kappa shape index (κ2) is 5.89.